The summed E-state index contributed by atoms with van der Waals surface area (Å²) < 4.78 is 5.41. The number of amides is 1. The normalized spacial score (nSPS) is 24.3. The van der Waals surface area contributed by atoms with Gasteiger partial charge < -0.3 is 15.0 Å². The van der Waals surface area contributed by atoms with Crippen molar-refractivity contribution in [1.82, 2.24) is 10.3 Å². The first-order valence-electron chi connectivity index (χ1n) is 5.76. The number of aromatic nitrogens is 1. The van der Waals surface area contributed by atoms with Gasteiger partial charge in [-0.15, -0.1) is 0 Å². The van der Waals surface area contributed by atoms with Gasteiger partial charge in [0.25, 0.3) is 5.91 Å². The molecule has 2 unspecified atom stereocenters. The number of hydrogen-bond acceptors (Lipinski definition) is 3. The van der Waals surface area contributed by atoms with E-state index in [1.54, 1.807) is 6.07 Å². The largest absolute Gasteiger partial charge is 0.378 e. The van der Waals surface area contributed by atoms with Gasteiger partial charge in [0.15, 0.2) is 0 Å². The fourth-order valence-corrected chi connectivity index (χ4v) is 1.98. The van der Waals surface area contributed by atoms with E-state index in [4.69, 9.17) is 4.74 Å². The minimum atomic E-state index is -0.266. The fourth-order valence-electron chi connectivity index (χ4n) is 1.98. The zero-order valence-electron chi connectivity index (χ0n) is 9.73. The van der Waals surface area contributed by atoms with Gasteiger partial charge in [-0.2, -0.15) is 0 Å². The summed E-state index contributed by atoms with van der Waals surface area (Å²) in [6, 6.07) is 3.03. The van der Waals surface area contributed by atoms with Gasteiger partial charge in [0.1, 0.15) is 0 Å². The van der Waals surface area contributed by atoms with Gasteiger partial charge >= 0.3 is 0 Å². The van der Waals surface area contributed by atoms with Crippen molar-refractivity contribution in [3.63, 3.8) is 0 Å². The number of ether oxygens (including phenoxy) is 1. The molecule has 0 saturated carbocycles. The van der Waals surface area contributed by atoms with Gasteiger partial charge in [0, 0.05) is 30.5 Å². The summed E-state index contributed by atoms with van der Waals surface area (Å²) >= 11 is 0. The molecule has 1 fully saturated rings. The van der Waals surface area contributed by atoms with Crippen LogP contribution in [-0.4, -0.2) is 29.6 Å². The van der Waals surface area contributed by atoms with Crippen molar-refractivity contribution < 1.29 is 9.53 Å². The number of aromatic amines is 1. The van der Waals surface area contributed by atoms with E-state index in [0.717, 1.165) is 12.8 Å². The van der Waals surface area contributed by atoms with E-state index < -0.39 is 0 Å². The second-order valence-electron chi connectivity index (χ2n) is 4.32. The van der Waals surface area contributed by atoms with Crippen LogP contribution < -0.4 is 10.9 Å². The predicted molar refractivity (Wildman–Crippen MR) is 63.0 cm³/mol. The third kappa shape index (κ3) is 3.17. The van der Waals surface area contributed by atoms with E-state index in [1.165, 1.54) is 12.3 Å². The Labute approximate surface area is 99.2 Å². The number of carbonyl (C=O) groups is 1. The quantitative estimate of drug-likeness (QED) is 0.793. The van der Waals surface area contributed by atoms with Gasteiger partial charge in [-0.1, -0.05) is 0 Å². The summed E-state index contributed by atoms with van der Waals surface area (Å²) in [5.41, 5.74) is 0.130. The summed E-state index contributed by atoms with van der Waals surface area (Å²) in [5, 5.41) is 2.92. The molecule has 2 rings (SSSR count). The third-order valence-electron chi connectivity index (χ3n) is 2.86. The highest BCUT2D eigenvalue weighted by Crippen LogP contribution is 2.13. The first-order chi connectivity index (χ1) is 8.15. The Morgan fingerprint density at radius 3 is 3.12 bits per heavy atom. The summed E-state index contributed by atoms with van der Waals surface area (Å²) in [5.74, 6) is -0.199. The van der Waals surface area contributed by atoms with Crippen LogP contribution in [0.15, 0.2) is 23.1 Å². The summed E-state index contributed by atoms with van der Waals surface area (Å²) in [6.45, 7) is 2.66. The Bertz CT molecular complexity index is 455. The van der Waals surface area contributed by atoms with E-state index in [2.05, 4.69) is 10.3 Å². The summed E-state index contributed by atoms with van der Waals surface area (Å²) in [4.78, 5) is 25.4. The standard InChI is InChI=1S/C12H16N2O3/c1-8-6-10(3-5-17-8)14-12(16)9-2-4-13-11(15)7-9/h2,4,7-8,10H,3,5-6H2,1H3,(H,13,15)(H,14,16). The average molecular weight is 236 g/mol. The number of carbonyl (C=O) groups excluding carboxylic acids is 1. The zero-order valence-corrected chi connectivity index (χ0v) is 9.73. The Morgan fingerprint density at radius 1 is 1.59 bits per heavy atom. The molecule has 1 aromatic rings. The van der Waals surface area contributed by atoms with Gasteiger partial charge in [-0.3, -0.25) is 9.59 Å². The van der Waals surface area contributed by atoms with Gasteiger partial charge in [0.05, 0.1) is 6.10 Å². The van der Waals surface area contributed by atoms with Crippen LogP contribution >= 0.6 is 0 Å². The van der Waals surface area contributed by atoms with E-state index in [1.807, 2.05) is 6.92 Å². The Balaban J connectivity index is 1.99. The van der Waals surface area contributed by atoms with Crippen LogP contribution in [0.3, 0.4) is 0 Å². The van der Waals surface area contributed by atoms with Crippen LogP contribution in [0.4, 0.5) is 0 Å². The van der Waals surface area contributed by atoms with Crippen LogP contribution in [0.25, 0.3) is 0 Å². The van der Waals surface area contributed by atoms with Crippen molar-refractivity contribution in [1.29, 1.82) is 0 Å². The maximum Gasteiger partial charge on any atom is 0.251 e. The monoisotopic (exact) mass is 236 g/mol. The minimum absolute atomic E-state index is 0.130. The summed E-state index contributed by atoms with van der Waals surface area (Å²) in [6.07, 6.45) is 3.28. The highest BCUT2D eigenvalue weighted by molar-refractivity contribution is 5.94. The number of H-pyrrole nitrogens is 1. The van der Waals surface area contributed by atoms with Crippen LogP contribution in [0.5, 0.6) is 0 Å². The van der Waals surface area contributed by atoms with Crippen LogP contribution in [0.1, 0.15) is 30.1 Å². The highest BCUT2D eigenvalue weighted by Gasteiger charge is 2.21. The highest BCUT2D eigenvalue weighted by atomic mass is 16.5. The van der Waals surface area contributed by atoms with Crippen molar-refractivity contribution >= 4 is 5.91 Å². The lowest BCUT2D eigenvalue weighted by molar-refractivity contribution is 0.0136. The van der Waals surface area contributed by atoms with Crippen LogP contribution in [0, 0.1) is 0 Å². The van der Waals surface area contributed by atoms with Crippen molar-refractivity contribution in [2.24, 2.45) is 0 Å². The van der Waals surface area contributed by atoms with Gasteiger partial charge in [-0.05, 0) is 25.8 Å². The Kier molecular flexibility index (Phi) is 3.58. The molecule has 17 heavy (non-hydrogen) atoms. The average Bonchev–Trinajstić information content (AvgIpc) is 2.29. The van der Waals surface area contributed by atoms with Crippen molar-refractivity contribution in [2.75, 3.05) is 6.61 Å². The van der Waals surface area contributed by atoms with Crippen molar-refractivity contribution in [3.8, 4) is 0 Å². The Hall–Kier alpha value is -1.62. The van der Waals surface area contributed by atoms with Crippen molar-refractivity contribution in [3.05, 3.63) is 34.2 Å². The molecule has 2 atom stereocenters. The molecule has 5 nitrogen and oxygen atoms in total. The summed E-state index contributed by atoms with van der Waals surface area (Å²) in [7, 11) is 0. The molecule has 1 aliphatic heterocycles. The molecule has 92 valence electrons. The lowest BCUT2D eigenvalue weighted by atomic mass is 10.0. The molecule has 0 spiro atoms. The van der Waals surface area contributed by atoms with Crippen LogP contribution in [-0.2, 0) is 4.74 Å². The first kappa shape index (κ1) is 11.9. The van der Waals surface area contributed by atoms with E-state index >= 15 is 0 Å². The molecule has 1 aromatic heterocycles. The Morgan fingerprint density at radius 2 is 2.41 bits per heavy atom. The van der Waals surface area contributed by atoms with E-state index in [9.17, 15) is 9.59 Å². The van der Waals surface area contributed by atoms with Crippen molar-refractivity contribution in [2.45, 2.75) is 31.9 Å². The van der Waals surface area contributed by atoms with E-state index in [0.29, 0.717) is 12.2 Å². The maximum absolute atomic E-state index is 11.9. The molecular weight excluding hydrogens is 220 g/mol. The van der Waals surface area contributed by atoms with E-state index in [-0.39, 0.29) is 23.6 Å². The molecule has 0 bridgehead atoms. The molecular formula is C12H16N2O3. The number of rotatable bonds is 2. The molecule has 5 heteroatoms. The van der Waals surface area contributed by atoms with Crippen LogP contribution in [0.2, 0.25) is 0 Å². The minimum Gasteiger partial charge on any atom is -0.378 e. The molecule has 0 aliphatic carbocycles. The number of hydrogen-bond donors (Lipinski definition) is 2. The van der Waals surface area contributed by atoms with Gasteiger partial charge in [0.2, 0.25) is 5.56 Å². The molecule has 1 aliphatic rings. The number of nitrogens with one attached hydrogen (secondary N) is 2. The molecule has 2 heterocycles. The first-order valence-corrected chi connectivity index (χ1v) is 5.76. The number of pyridine rings is 1. The predicted octanol–water partition coefficient (Wildman–Crippen LogP) is 0.672. The maximum atomic E-state index is 11.9. The molecule has 0 aromatic carbocycles. The topological polar surface area (TPSA) is 71.2 Å². The molecule has 2 N–H and O–H groups in total. The molecule has 1 saturated heterocycles. The molecule has 0 radical (unpaired) electrons. The second-order valence-corrected chi connectivity index (χ2v) is 4.32. The fraction of sp³-hybridized carbons (Fsp3) is 0.500. The third-order valence-corrected chi connectivity index (χ3v) is 2.86. The smallest absolute Gasteiger partial charge is 0.251 e. The zero-order chi connectivity index (χ0) is 12.3. The molecule has 1 amide bonds. The lowest BCUT2D eigenvalue weighted by Gasteiger charge is -2.27. The van der Waals surface area contributed by atoms with Gasteiger partial charge in [-0.25, -0.2) is 0 Å². The second kappa shape index (κ2) is 5.14. The SMILES string of the molecule is CC1CC(NC(=O)c2cc[nH]c(=O)c2)CCO1. The lowest BCUT2D eigenvalue weighted by Crippen LogP contribution is -2.41.